The molecule has 0 saturated carbocycles. The number of aryl methyl sites for hydroxylation is 3. The number of anilines is 1. The second-order valence-electron chi connectivity index (χ2n) is 5.06. The summed E-state index contributed by atoms with van der Waals surface area (Å²) in [5.74, 6) is 0.437. The molecule has 4 heteroatoms. The smallest absolute Gasteiger partial charge is 0.234 e. The Bertz CT molecular complexity index is 629. The maximum atomic E-state index is 12.1. The monoisotopic (exact) mass is 363 g/mol. The van der Waals surface area contributed by atoms with Crippen LogP contribution in [0.4, 0.5) is 5.69 Å². The number of benzene rings is 2. The van der Waals surface area contributed by atoms with Gasteiger partial charge < -0.3 is 5.32 Å². The van der Waals surface area contributed by atoms with Crippen molar-refractivity contribution in [3.05, 3.63) is 57.6 Å². The molecule has 0 aliphatic rings. The average molecular weight is 364 g/mol. The summed E-state index contributed by atoms with van der Waals surface area (Å²) in [6, 6.07) is 12.1. The van der Waals surface area contributed by atoms with Gasteiger partial charge in [-0.05, 0) is 56.2 Å². The number of thioether (sulfide) groups is 1. The molecular formula is C17H18BrNOS. The Hall–Kier alpha value is -1.26. The van der Waals surface area contributed by atoms with Crippen LogP contribution in [-0.4, -0.2) is 11.7 Å². The van der Waals surface area contributed by atoms with Gasteiger partial charge in [0.2, 0.25) is 5.91 Å². The van der Waals surface area contributed by atoms with Crippen molar-refractivity contribution in [2.24, 2.45) is 0 Å². The molecule has 0 saturated heterocycles. The SMILES string of the molecule is Cc1cc(C)c(NC(=O)CSc2ccc(Br)cc2)c(C)c1. The van der Waals surface area contributed by atoms with Crippen molar-refractivity contribution >= 4 is 39.3 Å². The summed E-state index contributed by atoms with van der Waals surface area (Å²) in [6.45, 7) is 6.12. The lowest BCUT2D eigenvalue weighted by atomic mass is 10.1. The summed E-state index contributed by atoms with van der Waals surface area (Å²) >= 11 is 4.94. The van der Waals surface area contributed by atoms with E-state index in [1.165, 1.54) is 17.3 Å². The fourth-order valence-electron chi connectivity index (χ4n) is 2.23. The van der Waals surface area contributed by atoms with Crippen LogP contribution in [0.3, 0.4) is 0 Å². The van der Waals surface area contributed by atoms with Gasteiger partial charge in [0.25, 0.3) is 0 Å². The number of amides is 1. The minimum atomic E-state index is 0.0259. The average Bonchev–Trinajstić information content (AvgIpc) is 2.42. The fourth-order valence-corrected chi connectivity index (χ4v) is 3.20. The molecule has 1 amide bonds. The quantitative estimate of drug-likeness (QED) is 0.765. The number of carbonyl (C=O) groups excluding carboxylic acids is 1. The Labute approximate surface area is 138 Å². The molecule has 2 nitrogen and oxygen atoms in total. The van der Waals surface area contributed by atoms with Gasteiger partial charge in [-0.3, -0.25) is 4.79 Å². The molecule has 0 heterocycles. The van der Waals surface area contributed by atoms with E-state index >= 15 is 0 Å². The lowest BCUT2D eigenvalue weighted by molar-refractivity contribution is -0.113. The van der Waals surface area contributed by atoms with Gasteiger partial charge in [0.1, 0.15) is 0 Å². The molecule has 0 atom stereocenters. The van der Waals surface area contributed by atoms with Gasteiger partial charge in [0.15, 0.2) is 0 Å². The zero-order valence-corrected chi connectivity index (χ0v) is 14.8. The Balaban J connectivity index is 1.97. The van der Waals surface area contributed by atoms with Crippen molar-refractivity contribution in [1.29, 1.82) is 0 Å². The van der Waals surface area contributed by atoms with E-state index in [2.05, 4.69) is 40.3 Å². The van der Waals surface area contributed by atoms with Gasteiger partial charge in [-0.15, -0.1) is 11.8 Å². The zero-order chi connectivity index (χ0) is 15.4. The van der Waals surface area contributed by atoms with Crippen molar-refractivity contribution in [2.45, 2.75) is 25.7 Å². The third-order valence-electron chi connectivity index (χ3n) is 3.13. The lowest BCUT2D eigenvalue weighted by Gasteiger charge is -2.12. The molecule has 2 aromatic rings. The van der Waals surface area contributed by atoms with Crippen LogP contribution in [0.5, 0.6) is 0 Å². The molecule has 2 aromatic carbocycles. The molecule has 0 radical (unpaired) electrons. The highest BCUT2D eigenvalue weighted by atomic mass is 79.9. The summed E-state index contributed by atoms with van der Waals surface area (Å²) in [7, 11) is 0. The summed E-state index contributed by atoms with van der Waals surface area (Å²) in [6.07, 6.45) is 0. The highest BCUT2D eigenvalue weighted by Crippen LogP contribution is 2.24. The Morgan fingerprint density at radius 3 is 2.24 bits per heavy atom. The first-order chi connectivity index (χ1) is 9.95. The van der Waals surface area contributed by atoms with Gasteiger partial charge in [-0.25, -0.2) is 0 Å². The van der Waals surface area contributed by atoms with E-state index in [0.717, 1.165) is 26.2 Å². The Morgan fingerprint density at radius 2 is 1.67 bits per heavy atom. The molecule has 0 fully saturated rings. The van der Waals surface area contributed by atoms with Gasteiger partial charge in [-0.1, -0.05) is 33.6 Å². The van der Waals surface area contributed by atoms with Crippen LogP contribution < -0.4 is 5.32 Å². The summed E-state index contributed by atoms with van der Waals surface area (Å²) in [5, 5.41) is 3.02. The van der Waals surface area contributed by atoms with Gasteiger partial charge in [0, 0.05) is 15.1 Å². The molecule has 0 aliphatic heterocycles. The van der Waals surface area contributed by atoms with Crippen molar-refractivity contribution in [3.8, 4) is 0 Å². The van der Waals surface area contributed by atoms with Crippen molar-refractivity contribution < 1.29 is 4.79 Å². The zero-order valence-electron chi connectivity index (χ0n) is 12.4. The minimum Gasteiger partial charge on any atom is -0.325 e. The predicted molar refractivity (Wildman–Crippen MR) is 94.1 cm³/mol. The standard InChI is InChI=1S/C17H18BrNOS/c1-11-8-12(2)17(13(3)9-11)19-16(20)10-21-15-6-4-14(18)5-7-15/h4-9H,10H2,1-3H3,(H,19,20). The third-order valence-corrected chi connectivity index (χ3v) is 4.67. The number of hydrogen-bond donors (Lipinski definition) is 1. The summed E-state index contributed by atoms with van der Waals surface area (Å²) in [4.78, 5) is 13.2. The molecule has 0 aliphatic carbocycles. The van der Waals surface area contributed by atoms with Crippen LogP contribution in [0, 0.1) is 20.8 Å². The first-order valence-electron chi connectivity index (χ1n) is 6.72. The number of carbonyl (C=O) groups is 1. The van der Waals surface area contributed by atoms with Crippen LogP contribution in [-0.2, 0) is 4.79 Å². The highest BCUT2D eigenvalue weighted by Gasteiger charge is 2.08. The molecule has 21 heavy (non-hydrogen) atoms. The second kappa shape index (κ2) is 7.14. The third kappa shape index (κ3) is 4.61. The van der Waals surface area contributed by atoms with Gasteiger partial charge >= 0.3 is 0 Å². The minimum absolute atomic E-state index is 0.0259. The van der Waals surface area contributed by atoms with Gasteiger partial charge in [-0.2, -0.15) is 0 Å². The first kappa shape index (κ1) is 16.1. The lowest BCUT2D eigenvalue weighted by Crippen LogP contribution is -2.15. The van der Waals surface area contributed by atoms with Crippen LogP contribution >= 0.6 is 27.7 Å². The largest absolute Gasteiger partial charge is 0.325 e. The van der Waals surface area contributed by atoms with E-state index in [-0.39, 0.29) is 5.91 Å². The van der Waals surface area contributed by atoms with E-state index in [1.54, 1.807) is 0 Å². The number of halogens is 1. The number of rotatable bonds is 4. The molecule has 1 N–H and O–H groups in total. The van der Waals surface area contributed by atoms with E-state index in [0.29, 0.717) is 5.75 Å². The second-order valence-corrected chi connectivity index (χ2v) is 7.03. The summed E-state index contributed by atoms with van der Waals surface area (Å²) < 4.78 is 1.04. The topological polar surface area (TPSA) is 29.1 Å². The van der Waals surface area contributed by atoms with Crippen LogP contribution in [0.15, 0.2) is 45.8 Å². The fraction of sp³-hybridized carbons (Fsp3) is 0.235. The summed E-state index contributed by atoms with van der Waals surface area (Å²) in [5.41, 5.74) is 4.36. The molecule has 0 bridgehead atoms. The van der Waals surface area contributed by atoms with E-state index in [9.17, 15) is 4.79 Å². The maximum absolute atomic E-state index is 12.1. The van der Waals surface area contributed by atoms with E-state index in [1.807, 2.05) is 38.1 Å². The van der Waals surface area contributed by atoms with Crippen molar-refractivity contribution in [3.63, 3.8) is 0 Å². The Kier molecular flexibility index (Phi) is 5.48. The van der Waals surface area contributed by atoms with Gasteiger partial charge in [0.05, 0.1) is 5.75 Å². The van der Waals surface area contributed by atoms with Crippen LogP contribution in [0.2, 0.25) is 0 Å². The van der Waals surface area contributed by atoms with E-state index in [4.69, 9.17) is 0 Å². The van der Waals surface area contributed by atoms with Crippen LogP contribution in [0.25, 0.3) is 0 Å². The normalized spacial score (nSPS) is 10.5. The maximum Gasteiger partial charge on any atom is 0.234 e. The van der Waals surface area contributed by atoms with Crippen molar-refractivity contribution in [1.82, 2.24) is 0 Å². The number of nitrogens with one attached hydrogen (secondary N) is 1. The van der Waals surface area contributed by atoms with Crippen LogP contribution in [0.1, 0.15) is 16.7 Å². The highest BCUT2D eigenvalue weighted by molar-refractivity contribution is 9.10. The molecule has 110 valence electrons. The first-order valence-corrected chi connectivity index (χ1v) is 8.49. The predicted octanol–water partition coefficient (Wildman–Crippen LogP) is 5.11. The molecule has 0 spiro atoms. The Morgan fingerprint density at radius 1 is 1.10 bits per heavy atom. The van der Waals surface area contributed by atoms with E-state index < -0.39 is 0 Å². The van der Waals surface area contributed by atoms with Crippen molar-refractivity contribution in [2.75, 3.05) is 11.1 Å². The molecule has 0 aromatic heterocycles. The molecular weight excluding hydrogens is 346 g/mol. The molecule has 0 unspecified atom stereocenters. The number of hydrogen-bond acceptors (Lipinski definition) is 2. The molecule has 2 rings (SSSR count).